The Morgan fingerprint density at radius 2 is 1.95 bits per heavy atom. The molecule has 1 heterocycles. The van der Waals surface area contributed by atoms with Crippen LogP contribution in [0, 0.1) is 12.3 Å². The number of aromatic nitrogens is 2. The minimum absolute atomic E-state index is 0.392. The second-order valence-electron chi connectivity index (χ2n) is 4.26. The molecule has 0 fully saturated rings. The molecule has 4 nitrogen and oxygen atoms in total. The molecule has 0 radical (unpaired) electrons. The molecule has 1 aromatic heterocycles. The fraction of sp³-hybridized carbons (Fsp3) is 0.214. The summed E-state index contributed by atoms with van der Waals surface area (Å²) in [6.07, 6.45) is 0. The van der Waals surface area contributed by atoms with Gasteiger partial charge >= 0.3 is 0 Å². The Kier molecular flexibility index (Phi) is 4.27. The lowest BCUT2D eigenvalue weighted by Gasteiger charge is -2.11. The van der Waals surface area contributed by atoms with Gasteiger partial charge in [-0.15, -0.1) is 0 Å². The van der Waals surface area contributed by atoms with Crippen LogP contribution >= 0.6 is 15.9 Å². The molecule has 0 aliphatic rings. The zero-order valence-corrected chi connectivity index (χ0v) is 12.5. The van der Waals surface area contributed by atoms with Gasteiger partial charge in [0.25, 0.3) is 0 Å². The molecule has 98 valence electrons. The van der Waals surface area contributed by atoms with Crippen LogP contribution in [0.3, 0.4) is 0 Å². The number of aryl methyl sites for hydroxylation is 1. The van der Waals surface area contributed by atoms with Gasteiger partial charge in [0.2, 0.25) is 0 Å². The minimum Gasteiger partial charge on any atom is -0.364 e. The molecule has 0 aliphatic carbocycles. The van der Waals surface area contributed by atoms with Gasteiger partial charge in [-0.3, -0.25) is 0 Å². The van der Waals surface area contributed by atoms with Crippen molar-refractivity contribution in [2.24, 2.45) is 0 Å². The first kappa shape index (κ1) is 13.7. The van der Waals surface area contributed by atoms with Crippen LogP contribution in [-0.2, 0) is 6.54 Å². The molecule has 0 aliphatic heterocycles. The second-order valence-corrected chi connectivity index (χ2v) is 5.01. The summed E-state index contributed by atoms with van der Waals surface area (Å²) < 4.78 is 0.680. The quantitative estimate of drug-likeness (QED) is 0.847. The van der Waals surface area contributed by atoms with Crippen molar-refractivity contribution in [3.8, 4) is 0 Å². The van der Waals surface area contributed by atoms with Crippen molar-refractivity contribution >= 4 is 27.5 Å². The lowest BCUT2D eigenvalue weighted by Crippen LogP contribution is -2.10. The highest BCUT2D eigenvalue weighted by Gasteiger charge is 2.11. The molecule has 1 aromatic carbocycles. The van der Waals surface area contributed by atoms with Gasteiger partial charge < -0.3 is 10.7 Å². The molecule has 0 spiro atoms. The highest BCUT2D eigenvalue weighted by Crippen LogP contribution is 2.19. The van der Waals surface area contributed by atoms with Crippen LogP contribution in [0.25, 0.3) is 0 Å². The Balaban J connectivity index is 2.24. The maximum Gasteiger partial charge on any atom is 0.154 e. The number of hydrogen-bond acceptors (Lipinski definition) is 4. The molecule has 0 unspecified atom stereocenters. The van der Waals surface area contributed by atoms with E-state index in [4.69, 9.17) is 5.41 Å². The zero-order chi connectivity index (χ0) is 13.8. The van der Waals surface area contributed by atoms with E-state index in [0.29, 0.717) is 28.4 Å². The topological polar surface area (TPSA) is 61.7 Å². The third-order valence-corrected chi connectivity index (χ3v) is 3.42. The molecule has 0 saturated carbocycles. The second kappa shape index (κ2) is 5.93. The van der Waals surface area contributed by atoms with Gasteiger partial charge in [0.1, 0.15) is 10.3 Å². The predicted molar refractivity (Wildman–Crippen MR) is 80.7 cm³/mol. The van der Waals surface area contributed by atoms with Crippen LogP contribution in [-0.4, -0.2) is 15.7 Å². The van der Waals surface area contributed by atoms with Crippen LogP contribution in [0.1, 0.15) is 23.9 Å². The standard InChI is InChI=1S/C14H15BrN4/c1-9(16)12-14(18-10(2)13(15)19-12)17-8-11-6-4-3-5-7-11/h3-7,16H,8H2,1-2H3,(H,17,18). The number of halogens is 1. The fourth-order valence-corrected chi connectivity index (χ4v) is 1.93. The number of benzene rings is 1. The van der Waals surface area contributed by atoms with Gasteiger partial charge in [-0.2, -0.15) is 0 Å². The molecule has 2 N–H and O–H groups in total. The SMILES string of the molecule is CC(=N)c1nc(Br)c(C)nc1NCc1ccccc1. The van der Waals surface area contributed by atoms with Crippen molar-refractivity contribution in [2.45, 2.75) is 20.4 Å². The fourth-order valence-electron chi connectivity index (χ4n) is 1.67. The molecule has 0 amide bonds. The van der Waals surface area contributed by atoms with Crippen LogP contribution in [0.15, 0.2) is 34.9 Å². The van der Waals surface area contributed by atoms with Gasteiger partial charge in [-0.25, -0.2) is 9.97 Å². The smallest absolute Gasteiger partial charge is 0.154 e. The van der Waals surface area contributed by atoms with Crippen molar-refractivity contribution in [1.82, 2.24) is 9.97 Å². The van der Waals surface area contributed by atoms with E-state index in [1.165, 1.54) is 5.56 Å². The number of nitrogens with zero attached hydrogens (tertiary/aromatic N) is 2. The van der Waals surface area contributed by atoms with E-state index < -0.39 is 0 Å². The molecule has 5 heteroatoms. The van der Waals surface area contributed by atoms with Gasteiger partial charge in [0.05, 0.1) is 11.4 Å². The normalized spacial score (nSPS) is 10.3. The lowest BCUT2D eigenvalue weighted by molar-refractivity contribution is 1.02. The summed E-state index contributed by atoms with van der Waals surface area (Å²) in [5, 5.41) is 11.0. The zero-order valence-electron chi connectivity index (χ0n) is 10.9. The van der Waals surface area contributed by atoms with Crippen LogP contribution in [0.5, 0.6) is 0 Å². The Bertz CT molecular complexity index is 596. The average molecular weight is 319 g/mol. The third-order valence-electron chi connectivity index (χ3n) is 2.67. The molecular weight excluding hydrogens is 304 g/mol. The predicted octanol–water partition coefficient (Wildman–Crippen LogP) is 3.55. The number of nitrogens with one attached hydrogen (secondary N) is 2. The van der Waals surface area contributed by atoms with Crippen molar-refractivity contribution < 1.29 is 0 Å². The summed E-state index contributed by atoms with van der Waals surface area (Å²) >= 11 is 3.35. The Hall–Kier alpha value is -1.75. The maximum atomic E-state index is 7.76. The number of rotatable bonds is 4. The summed E-state index contributed by atoms with van der Waals surface area (Å²) in [5.74, 6) is 0.650. The van der Waals surface area contributed by atoms with Gasteiger partial charge in [-0.1, -0.05) is 30.3 Å². The van der Waals surface area contributed by atoms with Crippen molar-refractivity contribution in [1.29, 1.82) is 5.41 Å². The summed E-state index contributed by atoms with van der Waals surface area (Å²) in [6.45, 7) is 4.25. The minimum atomic E-state index is 0.392. The molecule has 0 saturated heterocycles. The van der Waals surface area contributed by atoms with Gasteiger partial charge in [0.15, 0.2) is 5.82 Å². The van der Waals surface area contributed by atoms with E-state index in [1.54, 1.807) is 6.92 Å². The molecule has 2 aromatic rings. The Morgan fingerprint density at radius 1 is 1.26 bits per heavy atom. The average Bonchev–Trinajstić information content (AvgIpc) is 2.40. The molecule has 19 heavy (non-hydrogen) atoms. The molecule has 2 rings (SSSR count). The van der Waals surface area contributed by atoms with Crippen LogP contribution in [0.4, 0.5) is 5.82 Å². The lowest BCUT2D eigenvalue weighted by atomic mass is 10.2. The third kappa shape index (κ3) is 3.38. The summed E-state index contributed by atoms with van der Waals surface area (Å²) in [7, 11) is 0. The maximum absolute atomic E-state index is 7.76. The van der Waals surface area contributed by atoms with E-state index >= 15 is 0 Å². The highest BCUT2D eigenvalue weighted by atomic mass is 79.9. The van der Waals surface area contributed by atoms with E-state index in [-0.39, 0.29) is 0 Å². The van der Waals surface area contributed by atoms with E-state index in [2.05, 4.69) is 31.2 Å². The first-order valence-electron chi connectivity index (χ1n) is 5.95. The van der Waals surface area contributed by atoms with E-state index in [9.17, 15) is 0 Å². The summed E-state index contributed by atoms with van der Waals surface area (Å²) in [5.41, 5.74) is 2.94. The first-order valence-corrected chi connectivity index (χ1v) is 6.74. The highest BCUT2D eigenvalue weighted by molar-refractivity contribution is 9.10. The summed E-state index contributed by atoms with van der Waals surface area (Å²) in [4.78, 5) is 8.80. The van der Waals surface area contributed by atoms with E-state index in [1.807, 2.05) is 37.3 Å². The van der Waals surface area contributed by atoms with E-state index in [0.717, 1.165) is 5.69 Å². The van der Waals surface area contributed by atoms with Crippen molar-refractivity contribution in [2.75, 3.05) is 5.32 Å². The number of hydrogen-bond donors (Lipinski definition) is 2. The Labute approximate surface area is 120 Å². The Morgan fingerprint density at radius 3 is 2.58 bits per heavy atom. The molecule has 0 atom stereocenters. The van der Waals surface area contributed by atoms with Crippen molar-refractivity contribution in [3.63, 3.8) is 0 Å². The number of anilines is 1. The monoisotopic (exact) mass is 318 g/mol. The van der Waals surface area contributed by atoms with Gasteiger partial charge in [0, 0.05) is 6.54 Å². The van der Waals surface area contributed by atoms with Crippen molar-refractivity contribution in [3.05, 3.63) is 51.9 Å². The van der Waals surface area contributed by atoms with Gasteiger partial charge in [-0.05, 0) is 35.3 Å². The molecule has 0 bridgehead atoms. The first-order chi connectivity index (χ1) is 9.08. The largest absolute Gasteiger partial charge is 0.364 e. The van der Waals surface area contributed by atoms with Crippen LogP contribution in [0.2, 0.25) is 0 Å². The molecular formula is C14H15BrN4. The summed E-state index contributed by atoms with van der Waals surface area (Å²) in [6, 6.07) is 10.1. The van der Waals surface area contributed by atoms with Crippen LogP contribution < -0.4 is 5.32 Å².